The molecule has 2 N–H and O–H groups in total. The zero-order valence-electron chi connectivity index (χ0n) is 20.3. The molecule has 0 aliphatic rings. The number of carbonyl (C=O) groups excluding carboxylic acids is 2. The number of nitrogens with zero attached hydrogens (tertiary/aromatic N) is 2. The second-order valence-corrected chi connectivity index (χ2v) is 8.44. The highest BCUT2D eigenvalue weighted by Crippen LogP contribution is 2.11. The summed E-state index contributed by atoms with van der Waals surface area (Å²) in [5, 5.41) is 11.8. The molecule has 0 bridgehead atoms. The molecule has 0 radical (unpaired) electrons. The fourth-order valence-corrected chi connectivity index (χ4v) is 2.45. The lowest BCUT2D eigenvalue weighted by molar-refractivity contribution is 0.0599. The third-order valence-corrected chi connectivity index (χ3v) is 3.77. The van der Waals surface area contributed by atoms with Gasteiger partial charge >= 0.3 is 11.9 Å². The Morgan fingerprint density at radius 3 is 2.12 bits per heavy atom. The predicted molar refractivity (Wildman–Crippen MR) is 128 cm³/mol. The molecule has 2 heterocycles. The van der Waals surface area contributed by atoms with Crippen LogP contribution in [0.1, 0.15) is 78.4 Å². The van der Waals surface area contributed by atoms with Crippen LogP contribution in [0.2, 0.25) is 0 Å². The van der Waals surface area contributed by atoms with E-state index in [-0.39, 0.29) is 23.8 Å². The van der Waals surface area contributed by atoms with Gasteiger partial charge < -0.3 is 15.2 Å². The molecule has 33 heavy (non-hydrogen) atoms. The number of methoxy groups -OCH3 is 1. The van der Waals surface area contributed by atoms with Crippen LogP contribution in [0.15, 0.2) is 48.7 Å². The molecular formula is C25H33N3O5. The van der Waals surface area contributed by atoms with E-state index >= 15 is 0 Å². The second kappa shape index (κ2) is 12.4. The first kappa shape index (κ1) is 27.4. The summed E-state index contributed by atoms with van der Waals surface area (Å²) in [4.78, 5) is 38.9. The Hall–Kier alpha value is -3.68. The number of aromatic carboxylic acids is 1. The van der Waals surface area contributed by atoms with E-state index in [1.807, 2.05) is 13.8 Å². The van der Waals surface area contributed by atoms with Crippen LogP contribution in [0.5, 0.6) is 0 Å². The van der Waals surface area contributed by atoms with Crippen molar-refractivity contribution < 1.29 is 24.2 Å². The highest BCUT2D eigenvalue weighted by Gasteiger charge is 2.14. The SMILES string of the molecule is CC.CC(C)(C)C.COC(=O)c1ccc(CNC(=O)c2cccc3nc(C(=O)O)cn23)cc1. The van der Waals surface area contributed by atoms with Crippen molar-refractivity contribution in [3.8, 4) is 0 Å². The van der Waals surface area contributed by atoms with E-state index < -0.39 is 11.9 Å². The van der Waals surface area contributed by atoms with Crippen molar-refractivity contribution in [3.63, 3.8) is 0 Å². The van der Waals surface area contributed by atoms with Crippen LogP contribution in [0.4, 0.5) is 0 Å². The van der Waals surface area contributed by atoms with E-state index in [0.717, 1.165) is 5.56 Å². The first-order chi connectivity index (χ1) is 15.5. The van der Waals surface area contributed by atoms with E-state index in [1.54, 1.807) is 42.5 Å². The number of amides is 1. The van der Waals surface area contributed by atoms with Gasteiger partial charge in [-0.2, -0.15) is 0 Å². The number of imidazole rings is 1. The molecule has 3 aromatic rings. The fraction of sp³-hybridized carbons (Fsp3) is 0.360. The Balaban J connectivity index is 0.000000689. The van der Waals surface area contributed by atoms with Crippen molar-refractivity contribution in [2.75, 3.05) is 7.11 Å². The minimum absolute atomic E-state index is 0.136. The number of benzene rings is 1. The Morgan fingerprint density at radius 1 is 1.03 bits per heavy atom. The Bertz CT molecular complexity index is 1070. The summed E-state index contributed by atoms with van der Waals surface area (Å²) >= 11 is 0. The smallest absolute Gasteiger partial charge is 0.356 e. The predicted octanol–water partition coefficient (Wildman–Crippen LogP) is 4.83. The molecule has 0 spiro atoms. The van der Waals surface area contributed by atoms with Crippen LogP contribution in [0.25, 0.3) is 5.65 Å². The molecule has 8 nitrogen and oxygen atoms in total. The number of hydrogen-bond donors (Lipinski definition) is 2. The molecule has 2 aromatic heterocycles. The standard InChI is InChI=1S/C18H15N3O5.C5H12.C2H6/c1-26-18(25)12-7-5-11(6-8-12)9-19-16(22)14-3-2-4-15-20-13(17(23)24)10-21(14)15;1-5(2,3)4;1-2/h2-8,10H,9H2,1H3,(H,19,22)(H,23,24);1-4H3;1-2H3. The molecule has 1 aromatic carbocycles. The lowest BCUT2D eigenvalue weighted by atomic mass is 10.0. The maximum Gasteiger partial charge on any atom is 0.356 e. The van der Waals surface area contributed by atoms with Gasteiger partial charge in [0.1, 0.15) is 11.3 Å². The van der Waals surface area contributed by atoms with Crippen molar-refractivity contribution >= 4 is 23.5 Å². The number of nitrogens with one attached hydrogen (secondary N) is 1. The third kappa shape index (κ3) is 8.76. The average molecular weight is 456 g/mol. The van der Waals surface area contributed by atoms with Crippen LogP contribution >= 0.6 is 0 Å². The van der Waals surface area contributed by atoms with Gasteiger partial charge in [-0.3, -0.25) is 9.20 Å². The Kier molecular flexibility index (Phi) is 10.3. The first-order valence-corrected chi connectivity index (χ1v) is 10.7. The topological polar surface area (TPSA) is 110 Å². The Morgan fingerprint density at radius 2 is 1.61 bits per heavy atom. The summed E-state index contributed by atoms with van der Waals surface area (Å²) in [5.41, 5.74) is 2.23. The van der Waals surface area contributed by atoms with Crippen LogP contribution in [-0.2, 0) is 11.3 Å². The largest absolute Gasteiger partial charge is 0.476 e. The molecule has 0 aliphatic carbocycles. The number of carboxylic acids is 1. The summed E-state index contributed by atoms with van der Waals surface area (Å²) in [7, 11) is 1.31. The number of carbonyl (C=O) groups is 3. The van der Waals surface area contributed by atoms with Gasteiger partial charge in [-0.05, 0) is 35.2 Å². The molecule has 0 saturated heterocycles. The highest BCUT2D eigenvalue weighted by atomic mass is 16.5. The number of fused-ring (bicyclic) bond motifs is 1. The average Bonchev–Trinajstić information content (AvgIpc) is 3.22. The number of esters is 1. The quantitative estimate of drug-likeness (QED) is 0.533. The normalized spacial score (nSPS) is 10.3. The maximum atomic E-state index is 12.5. The number of pyridine rings is 1. The van der Waals surface area contributed by atoms with E-state index in [2.05, 4.69) is 42.7 Å². The van der Waals surface area contributed by atoms with Gasteiger partial charge in [-0.15, -0.1) is 0 Å². The molecule has 0 unspecified atom stereocenters. The number of aromatic nitrogens is 2. The van der Waals surface area contributed by atoms with Gasteiger partial charge in [-0.1, -0.05) is 59.7 Å². The molecule has 1 amide bonds. The van der Waals surface area contributed by atoms with Gasteiger partial charge in [0.25, 0.3) is 5.91 Å². The van der Waals surface area contributed by atoms with Gasteiger partial charge in [0.15, 0.2) is 5.69 Å². The minimum atomic E-state index is -1.16. The lowest BCUT2D eigenvalue weighted by Crippen LogP contribution is -2.24. The van der Waals surface area contributed by atoms with Crippen molar-refractivity contribution in [1.29, 1.82) is 0 Å². The number of rotatable bonds is 5. The number of carboxylic acid groups (broad SMARTS) is 1. The first-order valence-electron chi connectivity index (χ1n) is 10.7. The molecule has 0 aliphatic heterocycles. The number of hydrogen-bond acceptors (Lipinski definition) is 5. The molecule has 178 valence electrons. The van der Waals surface area contributed by atoms with Crippen LogP contribution in [0, 0.1) is 5.41 Å². The summed E-state index contributed by atoms with van der Waals surface area (Å²) < 4.78 is 6.06. The van der Waals surface area contributed by atoms with Crippen LogP contribution < -0.4 is 5.32 Å². The molecule has 0 fully saturated rings. The van der Waals surface area contributed by atoms with Gasteiger partial charge in [0.2, 0.25) is 0 Å². The van der Waals surface area contributed by atoms with Gasteiger partial charge in [0, 0.05) is 12.7 Å². The number of ether oxygens (including phenoxy) is 1. The van der Waals surface area contributed by atoms with E-state index in [9.17, 15) is 14.4 Å². The zero-order valence-corrected chi connectivity index (χ0v) is 20.3. The fourth-order valence-electron chi connectivity index (χ4n) is 2.45. The Labute approximate surface area is 194 Å². The van der Waals surface area contributed by atoms with Crippen LogP contribution in [0.3, 0.4) is 0 Å². The van der Waals surface area contributed by atoms with Gasteiger partial charge in [0.05, 0.1) is 12.7 Å². The molecule has 0 atom stereocenters. The summed E-state index contributed by atoms with van der Waals surface area (Å²) in [6.07, 6.45) is 1.30. The maximum absolute atomic E-state index is 12.5. The lowest BCUT2D eigenvalue weighted by Gasteiger charge is -2.08. The second-order valence-electron chi connectivity index (χ2n) is 8.44. The monoisotopic (exact) mass is 455 g/mol. The minimum Gasteiger partial charge on any atom is -0.476 e. The zero-order chi connectivity index (χ0) is 25.2. The van der Waals surface area contributed by atoms with Crippen molar-refractivity contribution in [1.82, 2.24) is 14.7 Å². The van der Waals surface area contributed by atoms with E-state index in [0.29, 0.717) is 16.6 Å². The summed E-state index contributed by atoms with van der Waals surface area (Å²) in [6, 6.07) is 11.5. The molecule has 8 heteroatoms. The van der Waals surface area contributed by atoms with Gasteiger partial charge in [-0.25, -0.2) is 14.6 Å². The van der Waals surface area contributed by atoms with Crippen molar-refractivity contribution in [2.45, 2.75) is 48.1 Å². The molecular weight excluding hydrogens is 422 g/mol. The van der Waals surface area contributed by atoms with E-state index in [1.165, 1.54) is 17.7 Å². The van der Waals surface area contributed by atoms with E-state index in [4.69, 9.17) is 5.11 Å². The summed E-state index contributed by atoms with van der Waals surface area (Å²) in [6.45, 7) is 13.0. The highest BCUT2D eigenvalue weighted by molar-refractivity contribution is 5.94. The molecule has 0 saturated carbocycles. The van der Waals surface area contributed by atoms with Crippen molar-refractivity contribution in [2.24, 2.45) is 5.41 Å². The third-order valence-electron chi connectivity index (χ3n) is 3.77. The van der Waals surface area contributed by atoms with Crippen molar-refractivity contribution in [3.05, 3.63) is 71.2 Å². The molecule has 3 rings (SSSR count). The van der Waals surface area contributed by atoms with Crippen LogP contribution in [-0.4, -0.2) is 39.4 Å². The summed E-state index contributed by atoms with van der Waals surface area (Å²) in [5.74, 6) is -1.96.